The number of nitrogens with two attached hydrogens (primary N) is 1. The van der Waals surface area contributed by atoms with E-state index in [1.807, 2.05) is 30.3 Å². The highest BCUT2D eigenvalue weighted by molar-refractivity contribution is 5.94. The Morgan fingerprint density at radius 1 is 1.10 bits per heavy atom. The highest BCUT2D eigenvalue weighted by atomic mass is 16.3. The van der Waals surface area contributed by atoms with Crippen molar-refractivity contribution >= 4 is 11.6 Å². The van der Waals surface area contributed by atoms with Gasteiger partial charge in [0, 0.05) is 5.69 Å². The van der Waals surface area contributed by atoms with E-state index in [1.54, 1.807) is 24.3 Å². The second-order valence-electron chi connectivity index (χ2n) is 4.64. The molecule has 1 amide bonds. The van der Waals surface area contributed by atoms with E-state index in [9.17, 15) is 4.79 Å². The molecule has 4 heteroatoms. The summed E-state index contributed by atoms with van der Waals surface area (Å²) in [5.41, 5.74) is 8.33. The molecule has 0 saturated heterocycles. The Morgan fingerprint density at radius 2 is 1.80 bits per heavy atom. The molecule has 0 heterocycles. The third kappa shape index (κ3) is 3.91. The number of anilines is 1. The van der Waals surface area contributed by atoms with Gasteiger partial charge in [-0.05, 0) is 29.7 Å². The molecule has 2 rings (SSSR count). The van der Waals surface area contributed by atoms with Gasteiger partial charge >= 0.3 is 0 Å². The van der Waals surface area contributed by atoms with Gasteiger partial charge in [-0.25, -0.2) is 0 Å². The van der Waals surface area contributed by atoms with E-state index in [2.05, 4.69) is 5.32 Å². The van der Waals surface area contributed by atoms with E-state index in [0.29, 0.717) is 12.1 Å². The summed E-state index contributed by atoms with van der Waals surface area (Å²) >= 11 is 0. The van der Waals surface area contributed by atoms with Crippen molar-refractivity contribution < 1.29 is 9.90 Å². The normalized spacial score (nSPS) is 11.9. The number of rotatable bonds is 5. The number of aliphatic hydroxyl groups excluding tert-OH is 1. The predicted molar refractivity (Wildman–Crippen MR) is 79.1 cm³/mol. The molecule has 0 radical (unpaired) electrons. The van der Waals surface area contributed by atoms with E-state index in [0.717, 1.165) is 11.1 Å². The third-order valence-corrected chi connectivity index (χ3v) is 3.01. The molecule has 0 aliphatic carbocycles. The SMILES string of the molecule is N[C@H](Cc1ccccc1)C(=O)Nc1cccc(CO)c1. The van der Waals surface area contributed by atoms with Crippen LogP contribution in [0.3, 0.4) is 0 Å². The average molecular weight is 270 g/mol. The van der Waals surface area contributed by atoms with Gasteiger partial charge in [0.05, 0.1) is 12.6 Å². The first-order chi connectivity index (χ1) is 9.69. The van der Waals surface area contributed by atoms with Gasteiger partial charge in [0.1, 0.15) is 0 Å². The van der Waals surface area contributed by atoms with Gasteiger partial charge in [0.2, 0.25) is 5.91 Å². The smallest absolute Gasteiger partial charge is 0.241 e. The monoisotopic (exact) mass is 270 g/mol. The van der Waals surface area contributed by atoms with Crippen molar-refractivity contribution in [3.05, 3.63) is 65.7 Å². The minimum Gasteiger partial charge on any atom is -0.392 e. The van der Waals surface area contributed by atoms with E-state index in [4.69, 9.17) is 10.8 Å². The van der Waals surface area contributed by atoms with E-state index < -0.39 is 6.04 Å². The van der Waals surface area contributed by atoms with Gasteiger partial charge in [-0.1, -0.05) is 42.5 Å². The lowest BCUT2D eigenvalue weighted by Gasteiger charge is -2.13. The number of nitrogens with one attached hydrogen (secondary N) is 1. The molecule has 4 N–H and O–H groups in total. The van der Waals surface area contributed by atoms with Gasteiger partial charge in [-0.2, -0.15) is 0 Å². The zero-order valence-electron chi connectivity index (χ0n) is 11.1. The lowest BCUT2D eigenvalue weighted by molar-refractivity contribution is -0.117. The van der Waals surface area contributed by atoms with E-state index >= 15 is 0 Å². The summed E-state index contributed by atoms with van der Waals surface area (Å²) in [7, 11) is 0. The Morgan fingerprint density at radius 3 is 2.50 bits per heavy atom. The van der Waals surface area contributed by atoms with Crippen LogP contribution in [-0.2, 0) is 17.8 Å². The first-order valence-corrected chi connectivity index (χ1v) is 6.49. The molecule has 0 unspecified atom stereocenters. The van der Waals surface area contributed by atoms with Gasteiger partial charge in [0.15, 0.2) is 0 Å². The quantitative estimate of drug-likeness (QED) is 0.774. The van der Waals surface area contributed by atoms with Crippen molar-refractivity contribution in [3.8, 4) is 0 Å². The summed E-state index contributed by atoms with van der Waals surface area (Å²) < 4.78 is 0. The molecule has 0 spiro atoms. The van der Waals surface area contributed by atoms with Crippen molar-refractivity contribution in [3.63, 3.8) is 0 Å². The van der Waals surface area contributed by atoms with Crippen molar-refractivity contribution in [2.45, 2.75) is 19.1 Å². The number of amides is 1. The summed E-state index contributed by atoms with van der Waals surface area (Å²) in [4.78, 5) is 12.0. The first-order valence-electron chi connectivity index (χ1n) is 6.49. The molecule has 2 aromatic rings. The highest BCUT2D eigenvalue weighted by Crippen LogP contribution is 2.11. The Bertz CT molecular complexity index is 570. The van der Waals surface area contributed by atoms with Crippen LogP contribution in [0.1, 0.15) is 11.1 Å². The minimum atomic E-state index is -0.602. The molecule has 4 nitrogen and oxygen atoms in total. The molecular weight excluding hydrogens is 252 g/mol. The minimum absolute atomic E-state index is 0.0558. The molecule has 2 aromatic carbocycles. The number of hydrogen-bond donors (Lipinski definition) is 3. The molecule has 104 valence electrons. The highest BCUT2D eigenvalue weighted by Gasteiger charge is 2.14. The lowest BCUT2D eigenvalue weighted by Crippen LogP contribution is -2.37. The zero-order chi connectivity index (χ0) is 14.4. The molecule has 0 aromatic heterocycles. The molecule has 1 atom stereocenters. The van der Waals surface area contributed by atoms with Crippen molar-refractivity contribution in [2.75, 3.05) is 5.32 Å². The fraction of sp³-hybridized carbons (Fsp3) is 0.188. The van der Waals surface area contributed by atoms with Crippen LogP contribution in [0, 0.1) is 0 Å². The van der Waals surface area contributed by atoms with Crippen LogP contribution in [0.4, 0.5) is 5.69 Å². The van der Waals surface area contributed by atoms with Crippen LogP contribution >= 0.6 is 0 Å². The number of benzene rings is 2. The number of aliphatic hydroxyl groups is 1. The maximum absolute atomic E-state index is 12.0. The second-order valence-corrected chi connectivity index (χ2v) is 4.64. The van der Waals surface area contributed by atoms with E-state index in [1.165, 1.54) is 0 Å². The maximum Gasteiger partial charge on any atom is 0.241 e. The van der Waals surface area contributed by atoms with Crippen LogP contribution in [0.15, 0.2) is 54.6 Å². The largest absolute Gasteiger partial charge is 0.392 e. The molecule has 0 bridgehead atoms. The first kappa shape index (κ1) is 14.2. The maximum atomic E-state index is 12.0. The Kier molecular flexibility index (Phi) is 4.87. The predicted octanol–water partition coefficient (Wildman–Crippen LogP) is 1.69. The molecule has 0 fully saturated rings. The lowest BCUT2D eigenvalue weighted by atomic mass is 10.1. The van der Waals surface area contributed by atoms with Crippen molar-refractivity contribution in [1.82, 2.24) is 0 Å². The average Bonchev–Trinajstić information content (AvgIpc) is 2.48. The number of carbonyl (C=O) groups is 1. The van der Waals surface area contributed by atoms with E-state index in [-0.39, 0.29) is 12.5 Å². The molecular formula is C16H18N2O2. The van der Waals surface area contributed by atoms with Crippen LogP contribution in [0.2, 0.25) is 0 Å². The fourth-order valence-corrected chi connectivity index (χ4v) is 1.94. The van der Waals surface area contributed by atoms with Gasteiger partial charge in [-0.15, -0.1) is 0 Å². The Hall–Kier alpha value is -2.17. The van der Waals surface area contributed by atoms with Crippen LogP contribution in [0.5, 0.6) is 0 Å². The Balaban J connectivity index is 1.97. The van der Waals surface area contributed by atoms with Crippen molar-refractivity contribution in [1.29, 1.82) is 0 Å². The number of hydrogen-bond acceptors (Lipinski definition) is 3. The standard InChI is InChI=1S/C16H18N2O2/c17-15(10-12-5-2-1-3-6-12)16(20)18-14-8-4-7-13(9-14)11-19/h1-9,15,19H,10-11,17H2,(H,18,20)/t15-/m1/s1. The summed E-state index contributed by atoms with van der Waals surface area (Å²) in [5.74, 6) is -0.232. The van der Waals surface area contributed by atoms with Crippen LogP contribution in [0.25, 0.3) is 0 Å². The zero-order valence-corrected chi connectivity index (χ0v) is 11.1. The summed E-state index contributed by atoms with van der Waals surface area (Å²) in [6.07, 6.45) is 0.492. The van der Waals surface area contributed by atoms with Crippen LogP contribution < -0.4 is 11.1 Å². The fourth-order valence-electron chi connectivity index (χ4n) is 1.94. The number of carbonyl (C=O) groups excluding carboxylic acids is 1. The van der Waals surface area contributed by atoms with Gasteiger partial charge < -0.3 is 16.2 Å². The Labute approximate surface area is 118 Å². The topological polar surface area (TPSA) is 75.4 Å². The van der Waals surface area contributed by atoms with Crippen molar-refractivity contribution in [2.24, 2.45) is 5.73 Å². The second kappa shape index (κ2) is 6.84. The third-order valence-electron chi connectivity index (χ3n) is 3.01. The van der Waals surface area contributed by atoms with Gasteiger partial charge in [-0.3, -0.25) is 4.79 Å². The van der Waals surface area contributed by atoms with Crippen LogP contribution in [-0.4, -0.2) is 17.1 Å². The summed E-state index contributed by atoms with van der Waals surface area (Å²) in [6.45, 7) is -0.0558. The summed E-state index contributed by atoms with van der Waals surface area (Å²) in [6, 6.07) is 16.1. The summed E-state index contributed by atoms with van der Waals surface area (Å²) in [5, 5.41) is 11.8. The van der Waals surface area contributed by atoms with Gasteiger partial charge in [0.25, 0.3) is 0 Å². The molecule has 0 saturated carbocycles. The molecule has 0 aliphatic rings. The molecule has 0 aliphatic heterocycles. The molecule has 20 heavy (non-hydrogen) atoms.